The van der Waals surface area contributed by atoms with E-state index in [0.29, 0.717) is 5.92 Å². The van der Waals surface area contributed by atoms with Crippen molar-refractivity contribution in [2.75, 3.05) is 6.54 Å². The number of carbonyl (C=O) groups excluding carboxylic acids is 1. The van der Waals surface area contributed by atoms with Gasteiger partial charge < -0.3 is 5.32 Å². The van der Waals surface area contributed by atoms with Crippen LogP contribution >= 0.6 is 15.9 Å². The third-order valence-corrected chi connectivity index (χ3v) is 2.97. The quantitative estimate of drug-likeness (QED) is 0.567. The van der Waals surface area contributed by atoms with Crippen molar-refractivity contribution in [3.05, 3.63) is 0 Å². The first-order chi connectivity index (χ1) is 4.22. The molecule has 0 radical (unpaired) electrons. The van der Waals surface area contributed by atoms with E-state index in [2.05, 4.69) is 28.2 Å². The average molecular weight is 192 g/mol. The number of amides is 1. The van der Waals surface area contributed by atoms with Crippen LogP contribution in [0.25, 0.3) is 0 Å². The lowest BCUT2D eigenvalue weighted by molar-refractivity contribution is -0.122. The summed E-state index contributed by atoms with van der Waals surface area (Å²) >= 11 is 3.31. The van der Waals surface area contributed by atoms with Gasteiger partial charge in [0.25, 0.3) is 0 Å². The molecular weight excluding hydrogens is 182 g/mol. The van der Waals surface area contributed by atoms with Crippen LogP contribution in [0.2, 0.25) is 0 Å². The van der Waals surface area contributed by atoms with Gasteiger partial charge in [0, 0.05) is 6.54 Å². The van der Waals surface area contributed by atoms with Crippen LogP contribution in [0.15, 0.2) is 0 Å². The topological polar surface area (TPSA) is 29.1 Å². The Morgan fingerprint density at radius 1 is 1.78 bits per heavy atom. The Hall–Kier alpha value is -0.0500. The van der Waals surface area contributed by atoms with Gasteiger partial charge in [0.1, 0.15) is 0 Å². The summed E-state index contributed by atoms with van der Waals surface area (Å²) < 4.78 is 0. The number of rotatable bonds is 0. The molecule has 1 heterocycles. The maximum absolute atomic E-state index is 10.8. The Morgan fingerprint density at radius 3 is 2.89 bits per heavy atom. The van der Waals surface area contributed by atoms with E-state index < -0.39 is 0 Å². The van der Waals surface area contributed by atoms with Crippen molar-refractivity contribution in [2.24, 2.45) is 5.92 Å². The molecule has 1 aliphatic heterocycles. The molecule has 1 N–H and O–H groups in total. The van der Waals surface area contributed by atoms with E-state index in [1.54, 1.807) is 0 Å². The monoisotopic (exact) mass is 191 g/mol. The summed E-state index contributed by atoms with van der Waals surface area (Å²) in [6, 6.07) is 0. The van der Waals surface area contributed by atoms with Gasteiger partial charge in [0.2, 0.25) is 5.91 Å². The highest BCUT2D eigenvalue weighted by atomic mass is 79.9. The molecule has 0 unspecified atom stereocenters. The number of hydrogen-bond acceptors (Lipinski definition) is 1. The fraction of sp³-hybridized carbons (Fsp3) is 0.833. The Balaban J connectivity index is 2.51. The first-order valence-corrected chi connectivity index (χ1v) is 4.05. The lowest BCUT2D eigenvalue weighted by Gasteiger charge is -2.23. The summed E-state index contributed by atoms with van der Waals surface area (Å²) in [6.45, 7) is 2.92. The molecule has 0 aromatic heterocycles. The summed E-state index contributed by atoms with van der Waals surface area (Å²) in [5.74, 6) is 0.618. The molecule has 0 aromatic carbocycles. The highest BCUT2D eigenvalue weighted by Crippen LogP contribution is 2.18. The number of piperidine rings is 1. The Bertz CT molecular complexity index is 126. The molecule has 0 spiro atoms. The van der Waals surface area contributed by atoms with E-state index >= 15 is 0 Å². The highest BCUT2D eigenvalue weighted by Gasteiger charge is 2.25. The second kappa shape index (κ2) is 2.69. The Kier molecular flexibility index (Phi) is 2.11. The van der Waals surface area contributed by atoms with Crippen LogP contribution < -0.4 is 5.32 Å². The zero-order valence-corrected chi connectivity index (χ0v) is 6.94. The normalized spacial score (nSPS) is 36.0. The average Bonchev–Trinajstić information content (AvgIpc) is 1.83. The van der Waals surface area contributed by atoms with E-state index in [9.17, 15) is 4.79 Å². The van der Waals surface area contributed by atoms with E-state index in [-0.39, 0.29) is 10.7 Å². The van der Waals surface area contributed by atoms with Crippen LogP contribution in [-0.2, 0) is 4.79 Å². The van der Waals surface area contributed by atoms with E-state index in [4.69, 9.17) is 0 Å². The first kappa shape index (κ1) is 7.06. The van der Waals surface area contributed by atoms with Crippen molar-refractivity contribution in [1.29, 1.82) is 0 Å². The van der Waals surface area contributed by atoms with Crippen molar-refractivity contribution in [2.45, 2.75) is 18.2 Å². The van der Waals surface area contributed by atoms with Crippen molar-refractivity contribution in [3.63, 3.8) is 0 Å². The lowest BCUT2D eigenvalue weighted by atomic mass is 10.0. The smallest absolute Gasteiger partial charge is 0.234 e. The summed E-state index contributed by atoms with van der Waals surface area (Å²) in [5, 5.41) is 2.78. The molecule has 2 nitrogen and oxygen atoms in total. The highest BCUT2D eigenvalue weighted by molar-refractivity contribution is 9.10. The van der Waals surface area contributed by atoms with Crippen molar-refractivity contribution in [3.8, 4) is 0 Å². The zero-order valence-electron chi connectivity index (χ0n) is 5.36. The molecule has 0 aliphatic carbocycles. The van der Waals surface area contributed by atoms with Gasteiger partial charge in [-0.3, -0.25) is 4.79 Å². The van der Waals surface area contributed by atoms with E-state index in [1.807, 2.05) is 0 Å². The largest absolute Gasteiger partial charge is 0.355 e. The van der Waals surface area contributed by atoms with Crippen LogP contribution in [0.4, 0.5) is 0 Å². The molecule has 0 aromatic rings. The molecule has 3 heteroatoms. The molecule has 1 rings (SSSR count). The number of nitrogens with one attached hydrogen (secondary N) is 1. The molecule has 52 valence electrons. The third-order valence-electron chi connectivity index (χ3n) is 1.65. The van der Waals surface area contributed by atoms with E-state index in [0.717, 1.165) is 13.0 Å². The fourth-order valence-corrected chi connectivity index (χ4v) is 1.35. The standard InChI is InChI=1S/C6H10BrNO/c1-4-2-3-8-6(9)5(4)7/h4-5H,2-3H2,1H3,(H,8,9)/t4-,5+/m0/s1. The van der Waals surface area contributed by atoms with Gasteiger partial charge in [-0.25, -0.2) is 0 Å². The predicted octanol–water partition coefficient (Wildman–Crippen LogP) is 0.906. The molecule has 0 saturated carbocycles. The first-order valence-electron chi connectivity index (χ1n) is 3.13. The number of halogens is 1. The summed E-state index contributed by atoms with van der Waals surface area (Å²) in [7, 11) is 0. The summed E-state index contributed by atoms with van der Waals surface area (Å²) in [5.41, 5.74) is 0. The van der Waals surface area contributed by atoms with Gasteiger partial charge in [-0.1, -0.05) is 22.9 Å². The number of alkyl halides is 1. The Labute approximate surface area is 63.1 Å². The van der Waals surface area contributed by atoms with Crippen LogP contribution in [-0.4, -0.2) is 17.3 Å². The maximum atomic E-state index is 10.8. The van der Waals surface area contributed by atoms with Crippen molar-refractivity contribution in [1.82, 2.24) is 5.32 Å². The number of carbonyl (C=O) groups is 1. The van der Waals surface area contributed by atoms with Crippen LogP contribution in [0.1, 0.15) is 13.3 Å². The molecule has 1 fully saturated rings. The SMILES string of the molecule is C[C@H]1CCNC(=O)[C@@H]1Br. The fourth-order valence-electron chi connectivity index (χ4n) is 0.925. The van der Waals surface area contributed by atoms with Crippen LogP contribution in [0.3, 0.4) is 0 Å². The molecule has 1 amide bonds. The summed E-state index contributed by atoms with van der Waals surface area (Å²) in [4.78, 5) is 10.9. The minimum absolute atomic E-state index is 0.0336. The molecule has 1 aliphatic rings. The van der Waals surface area contributed by atoms with Gasteiger partial charge in [0.05, 0.1) is 4.83 Å². The molecule has 1 saturated heterocycles. The lowest BCUT2D eigenvalue weighted by Crippen LogP contribution is -2.41. The van der Waals surface area contributed by atoms with Crippen LogP contribution in [0.5, 0.6) is 0 Å². The van der Waals surface area contributed by atoms with Gasteiger partial charge in [-0.05, 0) is 12.3 Å². The minimum Gasteiger partial charge on any atom is -0.355 e. The van der Waals surface area contributed by atoms with Crippen molar-refractivity contribution >= 4 is 21.8 Å². The van der Waals surface area contributed by atoms with Crippen LogP contribution in [0, 0.1) is 5.92 Å². The van der Waals surface area contributed by atoms with Gasteiger partial charge in [0.15, 0.2) is 0 Å². The number of hydrogen-bond donors (Lipinski definition) is 1. The molecule has 2 atom stereocenters. The predicted molar refractivity (Wildman–Crippen MR) is 39.5 cm³/mol. The minimum atomic E-state index is 0.0336. The van der Waals surface area contributed by atoms with Gasteiger partial charge in [-0.2, -0.15) is 0 Å². The molecule has 0 bridgehead atoms. The zero-order chi connectivity index (χ0) is 6.85. The maximum Gasteiger partial charge on any atom is 0.234 e. The Morgan fingerprint density at radius 2 is 2.44 bits per heavy atom. The second-order valence-corrected chi connectivity index (χ2v) is 3.45. The summed E-state index contributed by atoms with van der Waals surface area (Å²) in [6.07, 6.45) is 1.08. The molecular formula is C6H10BrNO. The molecule has 9 heavy (non-hydrogen) atoms. The third kappa shape index (κ3) is 1.45. The van der Waals surface area contributed by atoms with Crippen molar-refractivity contribution < 1.29 is 4.79 Å². The second-order valence-electron chi connectivity index (χ2n) is 2.46. The van der Waals surface area contributed by atoms with Gasteiger partial charge >= 0.3 is 0 Å². The van der Waals surface area contributed by atoms with Gasteiger partial charge in [-0.15, -0.1) is 0 Å². The van der Waals surface area contributed by atoms with E-state index in [1.165, 1.54) is 0 Å².